The second kappa shape index (κ2) is 8.53. The lowest BCUT2D eigenvalue weighted by atomic mass is 10.2. The van der Waals surface area contributed by atoms with Crippen LogP contribution in [-0.2, 0) is 9.53 Å². The molecule has 0 unspecified atom stereocenters. The van der Waals surface area contributed by atoms with Crippen LogP contribution in [0.2, 0.25) is 0 Å². The van der Waals surface area contributed by atoms with E-state index >= 15 is 0 Å². The Balaban J connectivity index is 1.96. The fourth-order valence-electron chi connectivity index (χ4n) is 2.16. The Morgan fingerprint density at radius 2 is 1.81 bits per heavy atom. The molecule has 0 aromatic heterocycles. The van der Waals surface area contributed by atoms with E-state index in [1.54, 1.807) is 26.8 Å². The normalized spacial score (nSPS) is 10.9. The standard InChI is InChI=1S/C20H23FN2O4/c1-13-6-5-7-15(10-13)26-12-18(24)22-14-8-9-16(21)17(11-14)23-19(25)27-20(2,3)4/h5-11H,12H2,1-4H3,(H,22,24)(H,23,25). The summed E-state index contributed by atoms with van der Waals surface area (Å²) in [6.07, 6.45) is -0.785. The van der Waals surface area contributed by atoms with Gasteiger partial charge in [-0.3, -0.25) is 10.1 Å². The van der Waals surface area contributed by atoms with E-state index in [1.807, 2.05) is 25.1 Å². The molecule has 0 saturated heterocycles. The number of carbonyl (C=O) groups excluding carboxylic acids is 2. The van der Waals surface area contributed by atoms with Gasteiger partial charge in [0.2, 0.25) is 0 Å². The summed E-state index contributed by atoms with van der Waals surface area (Å²) in [7, 11) is 0. The molecule has 2 N–H and O–H groups in total. The number of rotatable bonds is 5. The van der Waals surface area contributed by atoms with Crippen LogP contribution in [0.5, 0.6) is 5.75 Å². The van der Waals surface area contributed by atoms with Crippen molar-refractivity contribution in [1.82, 2.24) is 0 Å². The maximum absolute atomic E-state index is 13.9. The predicted octanol–water partition coefficient (Wildman–Crippen LogP) is 4.50. The molecule has 2 aromatic carbocycles. The van der Waals surface area contributed by atoms with Crippen molar-refractivity contribution in [2.45, 2.75) is 33.3 Å². The first-order valence-electron chi connectivity index (χ1n) is 8.41. The van der Waals surface area contributed by atoms with E-state index in [0.717, 1.165) is 11.6 Å². The molecule has 0 atom stereocenters. The first-order valence-corrected chi connectivity index (χ1v) is 8.41. The maximum atomic E-state index is 13.9. The molecule has 0 fully saturated rings. The smallest absolute Gasteiger partial charge is 0.412 e. The number of amides is 2. The number of anilines is 2. The highest BCUT2D eigenvalue weighted by atomic mass is 19.1. The summed E-state index contributed by atoms with van der Waals surface area (Å²) in [5, 5.41) is 4.92. The molecule has 2 rings (SSSR count). The van der Waals surface area contributed by atoms with Crippen molar-refractivity contribution in [3.05, 3.63) is 53.8 Å². The molecule has 0 bridgehead atoms. The number of nitrogens with one attached hydrogen (secondary N) is 2. The minimum Gasteiger partial charge on any atom is -0.484 e. The van der Waals surface area contributed by atoms with E-state index in [2.05, 4.69) is 10.6 Å². The first kappa shape index (κ1) is 20.2. The largest absolute Gasteiger partial charge is 0.484 e. The Labute approximate surface area is 157 Å². The Morgan fingerprint density at radius 1 is 1.07 bits per heavy atom. The molecule has 7 heteroatoms. The van der Waals surface area contributed by atoms with Crippen LogP contribution in [0.3, 0.4) is 0 Å². The van der Waals surface area contributed by atoms with Crippen LogP contribution in [0.15, 0.2) is 42.5 Å². The van der Waals surface area contributed by atoms with Crippen molar-refractivity contribution in [3.8, 4) is 5.75 Å². The number of ether oxygens (including phenoxy) is 2. The average molecular weight is 374 g/mol. The van der Waals surface area contributed by atoms with Crippen LogP contribution in [0.4, 0.5) is 20.6 Å². The molecule has 2 aromatic rings. The second-order valence-electron chi connectivity index (χ2n) is 6.97. The van der Waals surface area contributed by atoms with Crippen molar-refractivity contribution >= 4 is 23.4 Å². The highest BCUT2D eigenvalue weighted by molar-refractivity contribution is 5.93. The van der Waals surface area contributed by atoms with Crippen molar-refractivity contribution in [2.24, 2.45) is 0 Å². The average Bonchev–Trinajstić information content (AvgIpc) is 2.54. The van der Waals surface area contributed by atoms with Gasteiger partial charge in [-0.1, -0.05) is 12.1 Å². The van der Waals surface area contributed by atoms with E-state index in [-0.39, 0.29) is 12.3 Å². The van der Waals surface area contributed by atoms with E-state index in [4.69, 9.17) is 9.47 Å². The van der Waals surface area contributed by atoms with Gasteiger partial charge in [0.15, 0.2) is 6.61 Å². The third-order valence-corrected chi connectivity index (χ3v) is 3.25. The lowest BCUT2D eigenvalue weighted by Gasteiger charge is -2.20. The summed E-state index contributed by atoms with van der Waals surface area (Å²) >= 11 is 0. The summed E-state index contributed by atoms with van der Waals surface area (Å²) < 4.78 is 24.4. The number of aryl methyl sites for hydroxylation is 1. The molecule has 0 spiro atoms. The highest BCUT2D eigenvalue weighted by Gasteiger charge is 2.17. The maximum Gasteiger partial charge on any atom is 0.412 e. The molecular weight excluding hydrogens is 351 g/mol. The van der Waals surface area contributed by atoms with Gasteiger partial charge < -0.3 is 14.8 Å². The predicted molar refractivity (Wildman–Crippen MR) is 102 cm³/mol. The van der Waals surface area contributed by atoms with Gasteiger partial charge in [0.1, 0.15) is 17.2 Å². The van der Waals surface area contributed by atoms with Crippen LogP contribution >= 0.6 is 0 Å². The Kier molecular flexibility index (Phi) is 6.39. The van der Waals surface area contributed by atoms with Gasteiger partial charge in [0.05, 0.1) is 5.69 Å². The Hall–Kier alpha value is -3.09. The first-order chi connectivity index (χ1) is 12.6. The van der Waals surface area contributed by atoms with Gasteiger partial charge in [-0.2, -0.15) is 0 Å². The third kappa shape index (κ3) is 6.97. The summed E-state index contributed by atoms with van der Waals surface area (Å²) in [5.74, 6) is -0.474. The molecule has 0 heterocycles. The van der Waals surface area contributed by atoms with Crippen LogP contribution in [0.25, 0.3) is 0 Å². The zero-order valence-corrected chi connectivity index (χ0v) is 15.8. The lowest BCUT2D eigenvalue weighted by molar-refractivity contribution is -0.118. The van der Waals surface area contributed by atoms with Crippen molar-refractivity contribution in [1.29, 1.82) is 0 Å². The molecular formula is C20H23FN2O4. The Morgan fingerprint density at radius 3 is 2.48 bits per heavy atom. The van der Waals surface area contributed by atoms with Crippen molar-refractivity contribution in [3.63, 3.8) is 0 Å². The molecule has 27 heavy (non-hydrogen) atoms. The molecule has 0 aliphatic heterocycles. The number of hydrogen-bond acceptors (Lipinski definition) is 4. The molecule has 0 radical (unpaired) electrons. The SMILES string of the molecule is Cc1cccc(OCC(=O)Nc2ccc(F)c(NC(=O)OC(C)(C)C)c2)c1. The Bertz CT molecular complexity index is 831. The van der Waals surface area contributed by atoms with Gasteiger partial charge in [-0.25, -0.2) is 9.18 Å². The summed E-state index contributed by atoms with van der Waals surface area (Å²) in [6, 6.07) is 11.2. The highest BCUT2D eigenvalue weighted by Crippen LogP contribution is 2.21. The van der Waals surface area contributed by atoms with Crippen molar-refractivity contribution < 1.29 is 23.5 Å². The summed E-state index contributed by atoms with van der Waals surface area (Å²) in [6.45, 7) is 6.83. The summed E-state index contributed by atoms with van der Waals surface area (Å²) in [4.78, 5) is 23.8. The monoisotopic (exact) mass is 374 g/mol. The molecule has 0 aliphatic carbocycles. The van der Waals surface area contributed by atoms with E-state index < -0.39 is 23.4 Å². The quantitative estimate of drug-likeness (QED) is 0.808. The fourth-order valence-corrected chi connectivity index (χ4v) is 2.16. The molecule has 0 saturated carbocycles. The van der Waals surface area contributed by atoms with Gasteiger partial charge in [-0.15, -0.1) is 0 Å². The molecule has 6 nitrogen and oxygen atoms in total. The van der Waals surface area contributed by atoms with E-state index in [1.165, 1.54) is 12.1 Å². The van der Waals surface area contributed by atoms with Gasteiger partial charge in [-0.05, 0) is 63.6 Å². The minimum atomic E-state index is -0.785. The number of carbonyl (C=O) groups is 2. The second-order valence-corrected chi connectivity index (χ2v) is 6.97. The number of benzene rings is 2. The van der Waals surface area contributed by atoms with Crippen LogP contribution in [-0.4, -0.2) is 24.2 Å². The lowest BCUT2D eigenvalue weighted by Crippen LogP contribution is -2.27. The minimum absolute atomic E-state index is 0.0957. The number of hydrogen-bond donors (Lipinski definition) is 2. The third-order valence-electron chi connectivity index (χ3n) is 3.25. The molecule has 2 amide bonds. The van der Waals surface area contributed by atoms with Gasteiger partial charge in [0, 0.05) is 5.69 Å². The number of halogens is 1. The van der Waals surface area contributed by atoms with E-state index in [9.17, 15) is 14.0 Å². The van der Waals surface area contributed by atoms with Crippen LogP contribution in [0.1, 0.15) is 26.3 Å². The van der Waals surface area contributed by atoms with Crippen LogP contribution in [0, 0.1) is 12.7 Å². The van der Waals surface area contributed by atoms with Gasteiger partial charge >= 0.3 is 6.09 Å². The van der Waals surface area contributed by atoms with Crippen LogP contribution < -0.4 is 15.4 Å². The van der Waals surface area contributed by atoms with E-state index in [0.29, 0.717) is 11.4 Å². The van der Waals surface area contributed by atoms with Gasteiger partial charge in [0.25, 0.3) is 5.91 Å². The topological polar surface area (TPSA) is 76.7 Å². The molecule has 144 valence electrons. The molecule has 0 aliphatic rings. The zero-order chi connectivity index (χ0) is 20.0. The van der Waals surface area contributed by atoms with Crippen molar-refractivity contribution in [2.75, 3.05) is 17.2 Å². The zero-order valence-electron chi connectivity index (χ0n) is 15.8. The summed E-state index contributed by atoms with van der Waals surface area (Å²) in [5.41, 5.74) is 0.533. The fraction of sp³-hybridized carbons (Fsp3) is 0.300.